The molecule has 0 unspecified atom stereocenters. The van der Waals surface area contributed by atoms with Crippen molar-refractivity contribution in [3.63, 3.8) is 0 Å². The number of carbonyl (C=O) groups is 2. The monoisotopic (exact) mass is 553 g/mol. The van der Waals surface area contributed by atoms with Gasteiger partial charge in [-0.05, 0) is 35.2 Å². The van der Waals surface area contributed by atoms with Crippen LogP contribution >= 0.6 is 0 Å². The van der Waals surface area contributed by atoms with Gasteiger partial charge in [0.05, 0.1) is 19.9 Å². The van der Waals surface area contributed by atoms with Crippen LogP contribution < -0.4 is 10.1 Å². The van der Waals surface area contributed by atoms with E-state index in [1.54, 1.807) is 79.9 Å². The number of sulfonamides is 1. The van der Waals surface area contributed by atoms with E-state index in [4.69, 9.17) is 4.74 Å². The van der Waals surface area contributed by atoms with Crippen LogP contribution in [0, 0.1) is 0 Å². The highest BCUT2D eigenvalue weighted by Crippen LogP contribution is 2.25. The first-order valence-corrected chi connectivity index (χ1v) is 14.4. The largest absolute Gasteiger partial charge is 0.497 e. The minimum absolute atomic E-state index is 0.0144. The smallest absolute Gasteiger partial charge is 0.247 e. The molecular formula is C29H35N3O6S. The molecule has 0 saturated carbocycles. The lowest BCUT2D eigenvalue weighted by molar-refractivity contribution is -0.141. The molecule has 0 bridgehead atoms. The van der Waals surface area contributed by atoms with Gasteiger partial charge < -0.3 is 20.1 Å². The van der Waals surface area contributed by atoms with Crippen molar-refractivity contribution in [1.82, 2.24) is 14.5 Å². The van der Waals surface area contributed by atoms with E-state index in [1.807, 2.05) is 12.1 Å². The van der Waals surface area contributed by atoms with Gasteiger partial charge in [0.1, 0.15) is 11.8 Å². The summed E-state index contributed by atoms with van der Waals surface area (Å²) in [7, 11) is -2.21. The standard InChI is InChI=1S/C29H35N3O6S/c1-38-26-16-14-24(15-17-26)21-32(28(25-12-7-4-8-13-25)29(35)30-18-9-19-33)27(34)22-31(39(2,36)37)20-23-10-5-3-6-11-23/h3-8,10-17,28,33H,9,18-22H2,1-2H3,(H,30,35)/t28-/m0/s1. The lowest BCUT2D eigenvalue weighted by Crippen LogP contribution is -2.48. The van der Waals surface area contributed by atoms with Crippen LogP contribution in [0.5, 0.6) is 5.75 Å². The number of aliphatic hydroxyl groups excluding tert-OH is 1. The van der Waals surface area contributed by atoms with E-state index >= 15 is 0 Å². The van der Waals surface area contributed by atoms with Gasteiger partial charge in [-0.2, -0.15) is 4.31 Å². The van der Waals surface area contributed by atoms with Crippen molar-refractivity contribution in [2.75, 3.05) is 33.1 Å². The van der Waals surface area contributed by atoms with Crippen LogP contribution in [0.1, 0.15) is 29.2 Å². The maximum absolute atomic E-state index is 13.9. The Morgan fingerprint density at radius 1 is 0.897 bits per heavy atom. The second-order valence-corrected chi connectivity index (χ2v) is 11.1. The van der Waals surface area contributed by atoms with Crippen LogP contribution in [-0.4, -0.2) is 67.6 Å². The highest BCUT2D eigenvalue weighted by atomic mass is 32.2. The van der Waals surface area contributed by atoms with Gasteiger partial charge in [-0.1, -0.05) is 72.8 Å². The zero-order chi connectivity index (χ0) is 28.3. The quantitative estimate of drug-likeness (QED) is 0.297. The first kappa shape index (κ1) is 29.8. The second kappa shape index (κ2) is 14.4. The van der Waals surface area contributed by atoms with Crippen molar-refractivity contribution in [1.29, 1.82) is 0 Å². The topological polar surface area (TPSA) is 116 Å². The van der Waals surface area contributed by atoms with Crippen molar-refractivity contribution in [3.8, 4) is 5.75 Å². The number of nitrogens with zero attached hydrogens (tertiary/aromatic N) is 2. The minimum Gasteiger partial charge on any atom is -0.497 e. The predicted molar refractivity (Wildman–Crippen MR) is 149 cm³/mol. The Bertz CT molecular complexity index is 1300. The van der Waals surface area contributed by atoms with Crippen molar-refractivity contribution >= 4 is 21.8 Å². The van der Waals surface area contributed by atoms with Crippen LogP contribution in [0.4, 0.5) is 0 Å². The Balaban J connectivity index is 2.00. The van der Waals surface area contributed by atoms with Crippen LogP contribution in [0.25, 0.3) is 0 Å². The average molecular weight is 554 g/mol. The molecule has 0 radical (unpaired) electrons. The number of nitrogens with one attached hydrogen (secondary N) is 1. The van der Waals surface area contributed by atoms with E-state index in [-0.39, 0.29) is 26.2 Å². The molecular weight excluding hydrogens is 518 g/mol. The van der Waals surface area contributed by atoms with Gasteiger partial charge in [0.25, 0.3) is 0 Å². The van der Waals surface area contributed by atoms with Crippen molar-refractivity contribution in [3.05, 3.63) is 102 Å². The number of hydrogen-bond acceptors (Lipinski definition) is 6. The third kappa shape index (κ3) is 8.91. The molecule has 0 aliphatic rings. The molecule has 3 aromatic carbocycles. The van der Waals surface area contributed by atoms with Gasteiger partial charge in [0.2, 0.25) is 21.8 Å². The Hall–Kier alpha value is -3.73. The summed E-state index contributed by atoms with van der Waals surface area (Å²) in [5.41, 5.74) is 2.05. The molecule has 10 heteroatoms. The SMILES string of the molecule is COc1ccc(CN(C(=O)CN(Cc2ccccc2)S(C)(=O)=O)[C@H](C(=O)NCCCO)c2ccccc2)cc1. The minimum atomic E-state index is -3.76. The number of carbonyl (C=O) groups excluding carboxylic acids is 2. The maximum Gasteiger partial charge on any atom is 0.247 e. The summed E-state index contributed by atoms with van der Waals surface area (Å²) in [6.07, 6.45) is 1.42. The van der Waals surface area contributed by atoms with E-state index in [2.05, 4.69) is 5.32 Å². The number of rotatable bonds is 14. The lowest BCUT2D eigenvalue weighted by atomic mass is 10.0. The van der Waals surface area contributed by atoms with E-state index in [0.29, 0.717) is 17.7 Å². The molecule has 0 aromatic heterocycles. The zero-order valence-electron chi connectivity index (χ0n) is 22.2. The summed E-state index contributed by atoms with van der Waals surface area (Å²) in [5.74, 6) is -0.312. The Morgan fingerprint density at radius 3 is 2.05 bits per heavy atom. The van der Waals surface area contributed by atoms with Crippen molar-refractivity contribution in [2.45, 2.75) is 25.6 Å². The maximum atomic E-state index is 13.9. The summed E-state index contributed by atoms with van der Waals surface area (Å²) in [6.45, 7) is -0.239. The molecule has 208 valence electrons. The zero-order valence-corrected chi connectivity index (χ0v) is 23.0. The number of benzene rings is 3. The molecule has 3 aromatic rings. The molecule has 0 aliphatic heterocycles. The van der Waals surface area contributed by atoms with Gasteiger partial charge in [-0.15, -0.1) is 0 Å². The number of aliphatic hydroxyl groups is 1. The van der Waals surface area contributed by atoms with Crippen LogP contribution in [0.2, 0.25) is 0 Å². The molecule has 3 rings (SSSR count). The molecule has 39 heavy (non-hydrogen) atoms. The molecule has 2 amide bonds. The van der Waals surface area contributed by atoms with Gasteiger partial charge in [-0.25, -0.2) is 8.42 Å². The Labute approximate surface area is 230 Å². The van der Waals surface area contributed by atoms with Crippen molar-refractivity contribution in [2.24, 2.45) is 0 Å². The summed E-state index contributed by atoms with van der Waals surface area (Å²) in [4.78, 5) is 28.8. The van der Waals surface area contributed by atoms with Crippen LogP contribution in [-0.2, 0) is 32.7 Å². The summed E-state index contributed by atoms with van der Waals surface area (Å²) in [5, 5.41) is 12.0. The average Bonchev–Trinajstić information content (AvgIpc) is 2.93. The van der Waals surface area contributed by atoms with E-state index < -0.39 is 34.4 Å². The van der Waals surface area contributed by atoms with Crippen LogP contribution in [0.15, 0.2) is 84.9 Å². The van der Waals surface area contributed by atoms with Gasteiger partial charge in [-0.3, -0.25) is 9.59 Å². The number of methoxy groups -OCH3 is 1. The highest BCUT2D eigenvalue weighted by molar-refractivity contribution is 7.88. The molecule has 0 spiro atoms. The molecule has 9 nitrogen and oxygen atoms in total. The predicted octanol–water partition coefficient (Wildman–Crippen LogP) is 2.73. The second-order valence-electron chi connectivity index (χ2n) is 9.07. The Kier molecular flexibility index (Phi) is 11.0. The first-order chi connectivity index (χ1) is 18.7. The normalized spacial score (nSPS) is 12.1. The molecule has 0 aliphatic carbocycles. The van der Waals surface area contributed by atoms with Gasteiger partial charge in [0, 0.05) is 26.2 Å². The van der Waals surface area contributed by atoms with E-state index in [0.717, 1.165) is 21.7 Å². The van der Waals surface area contributed by atoms with E-state index in [1.165, 1.54) is 4.90 Å². The summed E-state index contributed by atoms with van der Waals surface area (Å²) >= 11 is 0. The van der Waals surface area contributed by atoms with Crippen LogP contribution in [0.3, 0.4) is 0 Å². The lowest BCUT2D eigenvalue weighted by Gasteiger charge is -2.33. The fourth-order valence-electron chi connectivity index (χ4n) is 4.07. The molecule has 0 fully saturated rings. The molecule has 1 atom stereocenters. The first-order valence-electron chi connectivity index (χ1n) is 12.6. The third-order valence-electron chi connectivity index (χ3n) is 6.12. The van der Waals surface area contributed by atoms with Gasteiger partial charge >= 0.3 is 0 Å². The number of hydrogen-bond donors (Lipinski definition) is 2. The fraction of sp³-hybridized carbons (Fsp3) is 0.310. The Morgan fingerprint density at radius 2 is 1.49 bits per heavy atom. The molecule has 0 saturated heterocycles. The molecule has 2 N–H and O–H groups in total. The van der Waals surface area contributed by atoms with Crippen molar-refractivity contribution < 1.29 is 27.9 Å². The fourth-order valence-corrected chi connectivity index (χ4v) is 4.79. The highest BCUT2D eigenvalue weighted by Gasteiger charge is 2.33. The number of amides is 2. The molecule has 0 heterocycles. The van der Waals surface area contributed by atoms with Gasteiger partial charge in [0.15, 0.2) is 0 Å². The summed E-state index contributed by atoms with van der Waals surface area (Å²) in [6, 6.07) is 24.0. The van der Waals surface area contributed by atoms with E-state index in [9.17, 15) is 23.1 Å². The number of ether oxygens (including phenoxy) is 1. The summed E-state index contributed by atoms with van der Waals surface area (Å²) < 4.78 is 31.8. The third-order valence-corrected chi connectivity index (χ3v) is 7.32.